The minimum atomic E-state index is -0.231. The zero-order chi connectivity index (χ0) is 27.9. The molecule has 0 spiro atoms. The molecular formula is C32H38N2O6. The molecule has 0 aromatic heterocycles. The maximum absolute atomic E-state index is 12.2. The van der Waals surface area contributed by atoms with Gasteiger partial charge in [-0.3, -0.25) is 0 Å². The summed E-state index contributed by atoms with van der Waals surface area (Å²) in [5.74, 6) is 0.233. The average Bonchev–Trinajstić information content (AvgIpc) is 3.43. The number of aldehydes is 2. The number of piperidine rings is 2. The second-order valence-corrected chi connectivity index (χ2v) is 11.4. The summed E-state index contributed by atoms with van der Waals surface area (Å²) in [7, 11) is 0. The van der Waals surface area contributed by atoms with E-state index in [1.54, 1.807) is 0 Å². The first-order chi connectivity index (χ1) is 19.6. The van der Waals surface area contributed by atoms with Gasteiger partial charge in [-0.2, -0.15) is 0 Å². The normalized spacial score (nSPS) is 28.2. The van der Waals surface area contributed by atoms with Gasteiger partial charge in [-0.25, -0.2) is 9.59 Å². The van der Waals surface area contributed by atoms with E-state index in [2.05, 4.69) is 0 Å². The number of fused-ring (bicyclic) bond motifs is 4. The summed E-state index contributed by atoms with van der Waals surface area (Å²) in [4.78, 5) is 50.1. The van der Waals surface area contributed by atoms with Crippen LogP contribution in [0.15, 0.2) is 60.7 Å². The molecule has 212 valence electrons. The minimum absolute atomic E-state index is 0.116. The lowest BCUT2D eigenvalue weighted by Crippen LogP contribution is -2.47. The summed E-state index contributed by atoms with van der Waals surface area (Å²) in [5.41, 5.74) is 1.99. The highest BCUT2D eigenvalue weighted by Gasteiger charge is 2.45. The SMILES string of the molecule is O=CC1CC2CC[C@@H](C1)N2C(=O)OCc1ccccc1.O=CC1CC2CC[C@H](C1)N2C(=O)OCc1ccccc1. The molecule has 8 heteroatoms. The Kier molecular flexibility index (Phi) is 9.14. The fourth-order valence-electron chi connectivity index (χ4n) is 6.84. The van der Waals surface area contributed by atoms with Crippen LogP contribution in [-0.2, 0) is 32.3 Å². The van der Waals surface area contributed by atoms with E-state index < -0.39 is 0 Å². The van der Waals surface area contributed by atoms with Gasteiger partial charge in [0.1, 0.15) is 25.8 Å². The van der Waals surface area contributed by atoms with Crippen LogP contribution in [0.4, 0.5) is 9.59 Å². The molecule has 4 heterocycles. The Morgan fingerprint density at radius 1 is 0.600 bits per heavy atom. The van der Waals surface area contributed by atoms with E-state index in [0.717, 1.165) is 75.1 Å². The highest BCUT2D eigenvalue weighted by Crippen LogP contribution is 2.39. The first-order valence-electron chi connectivity index (χ1n) is 14.4. The highest BCUT2D eigenvalue weighted by molar-refractivity contribution is 5.70. The second-order valence-electron chi connectivity index (χ2n) is 11.4. The van der Waals surface area contributed by atoms with E-state index in [1.807, 2.05) is 70.5 Å². The fraction of sp³-hybridized carbons (Fsp3) is 0.500. The number of carbonyl (C=O) groups is 4. The van der Waals surface area contributed by atoms with Crippen LogP contribution in [-0.4, -0.2) is 58.7 Å². The predicted octanol–water partition coefficient (Wildman–Crippen LogP) is 5.53. The van der Waals surface area contributed by atoms with E-state index in [4.69, 9.17) is 9.47 Å². The molecule has 4 aliphatic heterocycles. The Balaban J connectivity index is 0.000000161. The van der Waals surface area contributed by atoms with E-state index in [-0.39, 0.29) is 48.2 Å². The molecule has 6 atom stereocenters. The van der Waals surface area contributed by atoms with E-state index in [9.17, 15) is 19.2 Å². The monoisotopic (exact) mass is 546 g/mol. The van der Waals surface area contributed by atoms with Gasteiger partial charge in [0.25, 0.3) is 0 Å². The predicted molar refractivity (Wildman–Crippen MR) is 148 cm³/mol. The zero-order valence-electron chi connectivity index (χ0n) is 22.8. The van der Waals surface area contributed by atoms with Crippen molar-refractivity contribution in [2.75, 3.05) is 0 Å². The summed E-state index contributed by atoms with van der Waals surface area (Å²) in [6.07, 6.45) is 8.77. The zero-order valence-corrected chi connectivity index (χ0v) is 22.8. The molecule has 2 aromatic carbocycles. The molecule has 4 bridgehead atoms. The lowest BCUT2D eigenvalue weighted by molar-refractivity contribution is -0.113. The number of benzene rings is 2. The maximum atomic E-state index is 12.2. The van der Waals surface area contributed by atoms with Crippen molar-refractivity contribution < 1.29 is 28.7 Å². The molecule has 4 saturated heterocycles. The molecule has 40 heavy (non-hydrogen) atoms. The van der Waals surface area contributed by atoms with Crippen molar-refractivity contribution in [2.45, 2.75) is 88.7 Å². The average molecular weight is 547 g/mol. The number of rotatable bonds is 6. The molecule has 0 radical (unpaired) electrons. The van der Waals surface area contributed by atoms with Crippen LogP contribution >= 0.6 is 0 Å². The van der Waals surface area contributed by atoms with E-state index in [0.29, 0.717) is 13.2 Å². The van der Waals surface area contributed by atoms with Crippen molar-refractivity contribution in [2.24, 2.45) is 11.8 Å². The molecule has 4 fully saturated rings. The van der Waals surface area contributed by atoms with Crippen LogP contribution < -0.4 is 0 Å². The lowest BCUT2D eigenvalue weighted by Gasteiger charge is -2.36. The van der Waals surface area contributed by atoms with Crippen LogP contribution in [0.1, 0.15) is 62.5 Å². The fourth-order valence-corrected chi connectivity index (χ4v) is 6.84. The van der Waals surface area contributed by atoms with Crippen LogP contribution in [0.5, 0.6) is 0 Å². The Morgan fingerprint density at radius 2 is 0.925 bits per heavy atom. The number of ether oxygens (including phenoxy) is 2. The summed E-state index contributed by atoms with van der Waals surface area (Å²) in [5, 5.41) is 0. The Bertz CT molecular complexity index is 1040. The third kappa shape index (κ3) is 6.54. The Morgan fingerprint density at radius 3 is 1.23 bits per heavy atom. The summed E-state index contributed by atoms with van der Waals surface area (Å²) >= 11 is 0. The maximum Gasteiger partial charge on any atom is 0.410 e. The number of carbonyl (C=O) groups excluding carboxylic acids is 4. The van der Waals surface area contributed by atoms with Gasteiger partial charge in [-0.05, 0) is 62.5 Å². The van der Waals surface area contributed by atoms with Crippen molar-refractivity contribution in [3.05, 3.63) is 71.8 Å². The Labute approximate surface area is 235 Å². The van der Waals surface area contributed by atoms with Crippen LogP contribution in [0.2, 0.25) is 0 Å². The minimum Gasteiger partial charge on any atom is -0.445 e. The smallest absolute Gasteiger partial charge is 0.410 e. The van der Waals surface area contributed by atoms with Crippen LogP contribution in [0.25, 0.3) is 0 Å². The number of hydrogen-bond donors (Lipinski definition) is 0. The molecule has 0 N–H and O–H groups in total. The molecule has 0 saturated carbocycles. The highest BCUT2D eigenvalue weighted by atomic mass is 16.6. The molecule has 2 amide bonds. The van der Waals surface area contributed by atoms with Crippen molar-refractivity contribution in [1.29, 1.82) is 0 Å². The van der Waals surface area contributed by atoms with Crippen molar-refractivity contribution in [3.63, 3.8) is 0 Å². The molecule has 2 aromatic rings. The second kappa shape index (κ2) is 13.1. The van der Waals surface area contributed by atoms with Gasteiger partial charge in [-0.1, -0.05) is 60.7 Å². The third-order valence-corrected chi connectivity index (χ3v) is 8.76. The third-order valence-electron chi connectivity index (χ3n) is 8.76. The number of nitrogens with zero attached hydrogens (tertiary/aromatic N) is 2. The van der Waals surface area contributed by atoms with Gasteiger partial charge >= 0.3 is 12.2 Å². The van der Waals surface area contributed by atoms with Crippen molar-refractivity contribution in [1.82, 2.24) is 9.80 Å². The van der Waals surface area contributed by atoms with Gasteiger partial charge in [-0.15, -0.1) is 0 Å². The Hall–Kier alpha value is -3.68. The van der Waals surface area contributed by atoms with Crippen molar-refractivity contribution in [3.8, 4) is 0 Å². The largest absolute Gasteiger partial charge is 0.445 e. The first kappa shape index (κ1) is 27.9. The summed E-state index contributed by atoms with van der Waals surface area (Å²) in [6, 6.07) is 20.1. The van der Waals surface area contributed by atoms with E-state index in [1.165, 1.54) is 0 Å². The molecule has 4 aliphatic rings. The lowest BCUT2D eigenvalue weighted by atomic mass is 9.92. The van der Waals surface area contributed by atoms with E-state index >= 15 is 0 Å². The van der Waals surface area contributed by atoms with Crippen molar-refractivity contribution >= 4 is 24.8 Å². The standard InChI is InChI=1S/2C16H19NO3/c2*18-10-13-8-14-6-7-15(9-13)17(14)16(19)20-11-12-4-2-1-3-5-12/h2*1-5,10,13-15H,6-9,11H2/t2*13?,14-,15?/m10/s1. The van der Waals surface area contributed by atoms with Crippen LogP contribution in [0.3, 0.4) is 0 Å². The summed E-state index contributed by atoms with van der Waals surface area (Å²) < 4.78 is 10.8. The number of amides is 2. The molecule has 8 nitrogen and oxygen atoms in total. The quantitative estimate of drug-likeness (QED) is 0.443. The van der Waals surface area contributed by atoms with Gasteiger partial charge in [0, 0.05) is 36.0 Å². The first-order valence-corrected chi connectivity index (χ1v) is 14.4. The molecule has 0 aliphatic carbocycles. The molecule has 6 rings (SSSR count). The van der Waals surface area contributed by atoms with Gasteiger partial charge in [0.15, 0.2) is 0 Å². The van der Waals surface area contributed by atoms with Gasteiger partial charge < -0.3 is 28.9 Å². The summed E-state index contributed by atoms with van der Waals surface area (Å²) in [6.45, 7) is 0.624. The van der Waals surface area contributed by atoms with Gasteiger partial charge in [0.2, 0.25) is 0 Å². The van der Waals surface area contributed by atoms with Gasteiger partial charge in [0.05, 0.1) is 0 Å². The molecule has 4 unspecified atom stereocenters. The molecular weight excluding hydrogens is 508 g/mol. The van der Waals surface area contributed by atoms with Crippen LogP contribution in [0, 0.1) is 11.8 Å². The topological polar surface area (TPSA) is 93.2 Å². The number of hydrogen-bond acceptors (Lipinski definition) is 6.